The maximum absolute atomic E-state index is 14.0. The number of aromatic nitrogens is 1. The molecule has 0 bridgehead atoms. The van der Waals surface area contributed by atoms with Gasteiger partial charge in [0.05, 0.1) is 44.5 Å². The van der Waals surface area contributed by atoms with Gasteiger partial charge in [0.15, 0.2) is 5.76 Å². The number of nitrogens with one attached hydrogen (secondary N) is 2. The van der Waals surface area contributed by atoms with Crippen molar-refractivity contribution in [3.63, 3.8) is 0 Å². The van der Waals surface area contributed by atoms with Crippen LogP contribution in [0.2, 0.25) is 0 Å². The Balaban J connectivity index is 1.54. The molecule has 0 saturated heterocycles. The summed E-state index contributed by atoms with van der Waals surface area (Å²) in [4.78, 5) is 43.9. The van der Waals surface area contributed by atoms with Gasteiger partial charge in [-0.3, -0.25) is 24.1 Å². The topological polar surface area (TPSA) is 162 Å². The summed E-state index contributed by atoms with van der Waals surface area (Å²) in [6, 6.07) is 18.0. The molecule has 2 heterocycles. The second kappa shape index (κ2) is 14.3. The molecule has 2 atom stereocenters. The number of likely N-dealkylation sites (N-methyl/N-ethyl adjacent to an activating group) is 1. The minimum Gasteiger partial charge on any atom is -0.459 e. The number of hydrogen-bond donors (Lipinski definition) is 4. The minimum atomic E-state index is -3.57. The van der Waals surface area contributed by atoms with Crippen molar-refractivity contribution in [1.29, 1.82) is 0 Å². The number of anilines is 1. The van der Waals surface area contributed by atoms with Crippen LogP contribution in [-0.4, -0.2) is 73.7 Å². The van der Waals surface area contributed by atoms with Gasteiger partial charge in [-0.1, -0.05) is 36.1 Å². The molecule has 2 aromatic heterocycles. The number of aliphatic hydroxyl groups excluding tert-OH is 2. The Morgan fingerprint density at radius 3 is 2.48 bits per heavy atom. The van der Waals surface area contributed by atoms with Crippen LogP contribution in [0, 0.1) is 18.8 Å². The molecule has 2 aromatic carbocycles. The molecular weight excluding hydrogens is 584 g/mol. The number of hydrogen-bond acceptors (Lipinski definition) is 8. The Labute approximate surface area is 254 Å². The molecule has 0 spiro atoms. The lowest BCUT2D eigenvalue weighted by Crippen LogP contribution is -2.40. The zero-order chi connectivity index (χ0) is 31.7. The van der Waals surface area contributed by atoms with E-state index in [1.54, 1.807) is 55.5 Å². The van der Waals surface area contributed by atoms with Crippen LogP contribution in [-0.2, 0) is 14.5 Å². The lowest BCUT2D eigenvalue weighted by Gasteiger charge is -2.20. The summed E-state index contributed by atoms with van der Waals surface area (Å²) in [5, 5.41) is 22.4. The Bertz CT molecular complexity index is 1850. The number of carbonyl (C=O) groups excluding carboxylic acids is 3. The van der Waals surface area contributed by atoms with Gasteiger partial charge >= 0.3 is 0 Å². The first-order valence-corrected chi connectivity index (χ1v) is 14.9. The Morgan fingerprint density at radius 2 is 1.77 bits per heavy atom. The fourth-order valence-corrected chi connectivity index (χ4v) is 5.65. The van der Waals surface area contributed by atoms with Gasteiger partial charge in [-0.2, -0.15) is 0 Å². The van der Waals surface area contributed by atoms with Gasteiger partial charge in [0.25, 0.3) is 17.7 Å². The highest BCUT2D eigenvalue weighted by Crippen LogP contribution is 2.15. The van der Waals surface area contributed by atoms with E-state index in [1.807, 2.05) is 0 Å². The first-order valence-electron chi connectivity index (χ1n) is 13.3. The van der Waals surface area contributed by atoms with Gasteiger partial charge in [0, 0.05) is 48.4 Å². The van der Waals surface area contributed by atoms with Crippen molar-refractivity contribution in [1.82, 2.24) is 14.6 Å². The maximum atomic E-state index is 14.0. The first kappa shape index (κ1) is 31.7. The highest BCUT2D eigenvalue weighted by atomic mass is 32.2. The maximum Gasteiger partial charge on any atom is 0.291 e. The highest BCUT2D eigenvalue weighted by molar-refractivity contribution is 8.01. The predicted octanol–water partition coefficient (Wildman–Crippen LogP) is 2.24. The van der Waals surface area contributed by atoms with E-state index in [-0.39, 0.29) is 28.7 Å². The molecule has 0 aliphatic heterocycles. The van der Waals surface area contributed by atoms with Gasteiger partial charge in [-0.15, -0.1) is 0 Å². The minimum absolute atomic E-state index is 0.0557. The largest absolute Gasteiger partial charge is 0.459 e. The molecule has 0 radical (unpaired) electrons. The molecule has 226 valence electrons. The lowest BCUT2D eigenvalue weighted by atomic mass is 10.1. The number of furan rings is 1. The molecule has 0 saturated carbocycles. The quantitative estimate of drug-likeness (QED) is 0.165. The molecule has 12 heteroatoms. The number of amides is 3. The average Bonchev–Trinajstić information content (AvgIpc) is 3.46. The van der Waals surface area contributed by atoms with Crippen LogP contribution < -0.4 is 10.0 Å². The number of aryl methyl sites for hydroxylation is 1. The number of pyridine rings is 1. The number of nitrogens with zero attached hydrogens (tertiary/aromatic N) is 2. The predicted molar refractivity (Wildman–Crippen MR) is 165 cm³/mol. The van der Waals surface area contributed by atoms with Crippen LogP contribution in [0.3, 0.4) is 0 Å². The van der Waals surface area contributed by atoms with Crippen LogP contribution in [0.15, 0.2) is 94.7 Å². The van der Waals surface area contributed by atoms with Crippen LogP contribution in [0.5, 0.6) is 0 Å². The normalized spacial score (nSPS) is 12.5. The summed E-state index contributed by atoms with van der Waals surface area (Å²) in [5.41, 5.74) is 2.26. The number of benzene rings is 2. The SMILES string of the molecule is Cc1ccoc1C(=O)Nc1cccc(C#Cc2cncc(C(=O)NS(=O)(=CC(=O)N(C)CC(O)CO)c3ccccc3)c2)c1. The van der Waals surface area contributed by atoms with E-state index in [0.717, 1.165) is 10.3 Å². The zero-order valence-corrected chi connectivity index (χ0v) is 24.7. The Morgan fingerprint density at radius 1 is 1.02 bits per heavy atom. The summed E-state index contributed by atoms with van der Waals surface area (Å²) in [7, 11) is -2.19. The molecule has 4 rings (SSSR count). The molecule has 4 N–H and O–H groups in total. The van der Waals surface area contributed by atoms with Crippen LogP contribution >= 0.6 is 0 Å². The summed E-state index contributed by atoms with van der Waals surface area (Å²) < 4.78 is 21.7. The van der Waals surface area contributed by atoms with E-state index in [2.05, 4.69) is 26.9 Å². The van der Waals surface area contributed by atoms with Gasteiger partial charge in [-0.25, -0.2) is 4.21 Å². The van der Waals surface area contributed by atoms with Gasteiger partial charge in [0.2, 0.25) is 0 Å². The van der Waals surface area contributed by atoms with Crippen LogP contribution in [0.4, 0.5) is 5.69 Å². The van der Waals surface area contributed by atoms with Crippen molar-refractivity contribution in [2.24, 2.45) is 0 Å². The summed E-state index contributed by atoms with van der Waals surface area (Å²) in [6.07, 6.45) is 3.00. The zero-order valence-electron chi connectivity index (χ0n) is 23.9. The van der Waals surface area contributed by atoms with Crippen molar-refractivity contribution in [2.45, 2.75) is 17.9 Å². The van der Waals surface area contributed by atoms with E-state index >= 15 is 0 Å². The van der Waals surface area contributed by atoms with Crippen LogP contribution in [0.25, 0.3) is 0 Å². The lowest BCUT2D eigenvalue weighted by molar-refractivity contribution is -0.123. The highest BCUT2D eigenvalue weighted by Gasteiger charge is 2.21. The summed E-state index contributed by atoms with van der Waals surface area (Å²) in [6.45, 7) is 1.02. The van der Waals surface area contributed by atoms with E-state index in [4.69, 9.17) is 9.52 Å². The van der Waals surface area contributed by atoms with Crippen molar-refractivity contribution in [3.05, 3.63) is 113 Å². The van der Waals surface area contributed by atoms with E-state index in [0.29, 0.717) is 22.4 Å². The van der Waals surface area contributed by atoms with Gasteiger partial charge < -0.3 is 24.8 Å². The Hall–Kier alpha value is -5.22. The monoisotopic (exact) mass is 614 g/mol. The fourth-order valence-electron chi connectivity index (χ4n) is 3.92. The molecule has 11 nitrogen and oxygen atoms in total. The van der Waals surface area contributed by atoms with Crippen LogP contribution in [0.1, 0.15) is 37.6 Å². The standard InChI is InChI=1S/C32H30N4O7S/c1-22-13-14-43-30(22)32(41)34-26-8-6-7-23(16-26)11-12-24-15-25(18-33-17-24)31(40)35-44(42,28-9-4-3-5-10-28)21-29(39)36(2)19-27(38)20-37/h3-10,13-18,21,27,37-38H,19-20H2,1-2H3,(H,34,41)(H,35,40,42). The van der Waals surface area contributed by atoms with E-state index in [9.17, 15) is 23.7 Å². The molecule has 0 aliphatic rings. The fraction of sp³-hybridized carbons (Fsp3) is 0.156. The third kappa shape index (κ3) is 8.20. The number of aliphatic hydroxyl groups is 2. The molecular formula is C32H30N4O7S. The molecule has 44 heavy (non-hydrogen) atoms. The van der Waals surface area contributed by atoms with E-state index < -0.39 is 34.2 Å². The van der Waals surface area contributed by atoms with Gasteiger partial charge in [-0.05, 0) is 49.4 Å². The smallest absolute Gasteiger partial charge is 0.291 e. The second-order valence-corrected chi connectivity index (χ2v) is 11.8. The summed E-state index contributed by atoms with van der Waals surface area (Å²) >= 11 is 0. The van der Waals surface area contributed by atoms with E-state index in [1.165, 1.54) is 43.9 Å². The average molecular weight is 615 g/mol. The third-order valence-electron chi connectivity index (χ3n) is 6.22. The van der Waals surface area contributed by atoms with Gasteiger partial charge in [0.1, 0.15) is 0 Å². The van der Waals surface area contributed by atoms with Crippen molar-refractivity contribution < 1.29 is 33.2 Å². The first-order chi connectivity index (χ1) is 21.1. The molecule has 0 aliphatic carbocycles. The number of rotatable bonds is 9. The molecule has 4 aromatic rings. The van der Waals surface area contributed by atoms with Crippen molar-refractivity contribution in [3.8, 4) is 11.8 Å². The molecule has 3 amide bonds. The van der Waals surface area contributed by atoms with Crippen molar-refractivity contribution >= 4 is 38.5 Å². The third-order valence-corrected chi connectivity index (χ3v) is 8.21. The second-order valence-electron chi connectivity index (χ2n) is 9.70. The Kier molecular flexibility index (Phi) is 10.3. The summed E-state index contributed by atoms with van der Waals surface area (Å²) in [5.74, 6) is 4.26. The number of carbonyl (C=O) groups is 3. The molecule has 0 fully saturated rings. The van der Waals surface area contributed by atoms with Crippen molar-refractivity contribution in [2.75, 3.05) is 25.5 Å². The molecule has 2 unspecified atom stereocenters.